The predicted molar refractivity (Wildman–Crippen MR) is 118 cm³/mol. The maximum atomic E-state index is 11.3. The summed E-state index contributed by atoms with van der Waals surface area (Å²) in [5.74, 6) is 0.817. The summed E-state index contributed by atoms with van der Waals surface area (Å²) in [4.78, 5) is 12.5. The van der Waals surface area contributed by atoms with Crippen molar-refractivity contribution in [3.05, 3.63) is 51.1 Å². The van der Waals surface area contributed by atoms with E-state index in [1.165, 1.54) is 0 Å². The van der Waals surface area contributed by atoms with Gasteiger partial charge in [0, 0.05) is 17.4 Å². The van der Waals surface area contributed by atoms with Crippen LogP contribution >= 0.6 is 27.3 Å². The summed E-state index contributed by atoms with van der Waals surface area (Å²) >= 11 is 5.16. The topological polar surface area (TPSA) is 61.6 Å². The number of amides is 1. The van der Waals surface area contributed by atoms with Gasteiger partial charge < -0.3 is 15.2 Å². The molecule has 0 radical (unpaired) electrons. The van der Waals surface area contributed by atoms with E-state index in [-0.39, 0.29) is 12.2 Å². The largest absolute Gasteiger partial charge is 0.485 e. The molecular formula is C20H28BrNO3SSi. The molecular weight excluding hydrogens is 442 g/mol. The Hall–Kier alpha value is -1.31. The van der Waals surface area contributed by atoms with Crippen molar-refractivity contribution in [3.63, 3.8) is 0 Å². The minimum atomic E-state index is -1.21. The van der Waals surface area contributed by atoms with Gasteiger partial charge in [-0.2, -0.15) is 0 Å². The number of benzene rings is 1. The Labute approximate surface area is 175 Å². The Morgan fingerprint density at radius 1 is 1.19 bits per heavy atom. The Morgan fingerprint density at radius 3 is 2.56 bits per heavy atom. The Kier molecular flexibility index (Phi) is 8.38. The first-order valence-electron chi connectivity index (χ1n) is 9.14. The lowest BCUT2D eigenvalue weighted by atomic mass is 10.1. The van der Waals surface area contributed by atoms with Crippen LogP contribution in [-0.2, 0) is 4.74 Å². The minimum Gasteiger partial charge on any atom is -0.485 e. The predicted octanol–water partition coefficient (Wildman–Crippen LogP) is 6.60. The molecule has 2 unspecified atom stereocenters. The maximum Gasteiger partial charge on any atom is 0.404 e. The van der Waals surface area contributed by atoms with E-state index in [0.717, 1.165) is 40.4 Å². The molecule has 1 aromatic carbocycles. The summed E-state index contributed by atoms with van der Waals surface area (Å²) in [7, 11) is -1.21. The van der Waals surface area contributed by atoms with Crippen LogP contribution < -0.4 is 10.5 Å². The first kappa shape index (κ1) is 22.0. The SMILES string of the molecule is C[Si](C)(C)CCC(CCC(Oc1cccc(Br)c1)c1cccs1)OC(N)=O. The zero-order valence-corrected chi connectivity index (χ0v) is 19.5. The molecule has 1 aromatic heterocycles. The van der Waals surface area contributed by atoms with Crippen LogP contribution in [0, 0.1) is 0 Å². The number of primary amides is 1. The monoisotopic (exact) mass is 469 g/mol. The second-order valence-corrected chi connectivity index (χ2v) is 15.3. The average molecular weight is 471 g/mol. The fourth-order valence-corrected chi connectivity index (χ4v) is 5.15. The lowest BCUT2D eigenvalue weighted by Gasteiger charge is -2.24. The zero-order chi connectivity index (χ0) is 19.9. The Morgan fingerprint density at radius 2 is 1.96 bits per heavy atom. The molecule has 4 nitrogen and oxygen atoms in total. The highest BCUT2D eigenvalue weighted by Crippen LogP contribution is 2.31. The lowest BCUT2D eigenvalue weighted by Crippen LogP contribution is -2.27. The molecule has 2 atom stereocenters. The van der Waals surface area contributed by atoms with Crippen molar-refractivity contribution in [1.29, 1.82) is 0 Å². The number of ether oxygens (including phenoxy) is 2. The third-order valence-corrected chi connectivity index (χ3v) is 7.43. The second-order valence-electron chi connectivity index (χ2n) is 7.81. The van der Waals surface area contributed by atoms with Crippen molar-refractivity contribution in [1.82, 2.24) is 0 Å². The molecule has 148 valence electrons. The van der Waals surface area contributed by atoms with Gasteiger partial charge >= 0.3 is 6.09 Å². The van der Waals surface area contributed by atoms with E-state index in [0.29, 0.717) is 0 Å². The van der Waals surface area contributed by atoms with Gasteiger partial charge in [0.15, 0.2) is 0 Å². The highest BCUT2D eigenvalue weighted by atomic mass is 79.9. The molecule has 2 rings (SSSR count). The number of hydrogen-bond acceptors (Lipinski definition) is 4. The van der Waals surface area contributed by atoms with Crippen LogP contribution in [0.25, 0.3) is 0 Å². The van der Waals surface area contributed by atoms with E-state index in [9.17, 15) is 4.79 Å². The molecule has 0 saturated heterocycles. The van der Waals surface area contributed by atoms with Gasteiger partial charge in [0.25, 0.3) is 0 Å². The molecule has 0 aliphatic heterocycles. The van der Waals surface area contributed by atoms with Crippen molar-refractivity contribution >= 4 is 41.4 Å². The van der Waals surface area contributed by atoms with Crippen molar-refractivity contribution < 1.29 is 14.3 Å². The quantitative estimate of drug-likeness (QED) is 0.398. The molecule has 0 aliphatic carbocycles. The van der Waals surface area contributed by atoms with Crippen molar-refractivity contribution in [2.45, 2.75) is 57.2 Å². The number of carbonyl (C=O) groups excluding carboxylic acids is 1. The number of thiophene rings is 1. The zero-order valence-electron chi connectivity index (χ0n) is 16.1. The molecule has 1 heterocycles. The average Bonchev–Trinajstić information content (AvgIpc) is 3.09. The van der Waals surface area contributed by atoms with Gasteiger partial charge in [-0.3, -0.25) is 0 Å². The molecule has 2 aromatic rings. The number of rotatable bonds is 10. The van der Waals surface area contributed by atoms with Crippen LogP contribution in [0.3, 0.4) is 0 Å². The standard InChI is InChI=1S/C20H28BrNO3SSi/c1-27(2,3)13-11-16(25-20(22)23)9-10-18(19-8-5-12-26-19)24-17-7-4-6-15(21)14-17/h4-8,12,14,16,18H,9-11,13H2,1-3H3,(H2,22,23). The van der Waals surface area contributed by atoms with Gasteiger partial charge in [-0.25, -0.2) is 4.79 Å². The second kappa shape index (κ2) is 10.3. The molecule has 2 N–H and O–H groups in total. The Balaban J connectivity index is 2.05. The number of carbonyl (C=O) groups is 1. The highest BCUT2D eigenvalue weighted by Gasteiger charge is 2.22. The van der Waals surface area contributed by atoms with Crippen molar-refractivity contribution in [2.75, 3.05) is 0 Å². The van der Waals surface area contributed by atoms with Gasteiger partial charge in [-0.15, -0.1) is 11.3 Å². The van der Waals surface area contributed by atoms with E-state index in [4.69, 9.17) is 15.2 Å². The molecule has 0 saturated carbocycles. The number of hydrogen-bond donors (Lipinski definition) is 1. The minimum absolute atomic E-state index is 0.0786. The summed E-state index contributed by atoms with van der Waals surface area (Å²) in [5, 5.41) is 2.05. The van der Waals surface area contributed by atoms with E-state index >= 15 is 0 Å². The van der Waals surface area contributed by atoms with E-state index < -0.39 is 14.2 Å². The van der Waals surface area contributed by atoms with Crippen LogP contribution in [0.2, 0.25) is 25.7 Å². The fraction of sp³-hybridized carbons (Fsp3) is 0.450. The first-order valence-corrected chi connectivity index (χ1v) is 14.5. The van der Waals surface area contributed by atoms with Gasteiger partial charge in [0.05, 0.1) is 0 Å². The normalized spacial score (nSPS) is 13.8. The first-order chi connectivity index (χ1) is 12.7. The third kappa shape index (κ3) is 8.49. The third-order valence-electron chi connectivity index (χ3n) is 4.18. The summed E-state index contributed by atoms with van der Waals surface area (Å²) in [5.41, 5.74) is 5.29. The van der Waals surface area contributed by atoms with Gasteiger partial charge in [0.1, 0.15) is 18.0 Å². The van der Waals surface area contributed by atoms with E-state index in [1.807, 2.05) is 30.3 Å². The van der Waals surface area contributed by atoms with Crippen LogP contribution in [0.5, 0.6) is 5.75 Å². The molecule has 0 bridgehead atoms. The summed E-state index contributed by atoms with van der Waals surface area (Å²) in [6.45, 7) is 6.96. The summed E-state index contributed by atoms with van der Waals surface area (Å²) in [6.07, 6.45) is 1.40. The molecule has 0 spiro atoms. The van der Waals surface area contributed by atoms with E-state index in [2.05, 4.69) is 47.0 Å². The molecule has 1 amide bonds. The summed E-state index contributed by atoms with van der Waals surface area (Å²) in [6, 6.07) is 13.1. The highest BCUT2D eigenvalue weighted by molar-refractivity contribution is 9.10. The molecule has 0 aliphatic rings. The molecule has 7 heteroatoms. The van der Waals surface area contributed by atoms with E-state index in [1.54, 1.807) is 11.3 Å². The number of halogens is 1. The number of nitrogens with two attached hydrogens (primary N) is 1. The van der Waals surface area contributed by atoms with Crippen LogP contribution in [0.4, 0.5) is 4.79 Å². The molecule has 27 heavy (non-hydrogen) atoms. The fourth-order valence-electron chi connectivity index (χ4n) is 2.80. The van der Waals surface area contributed by atoms with Crippen molar-refractivity contribution in [2.24, 2.45) is 5.73 Å². The summed E-state index contributed by atoms with van der Waals surface area (Å²) < 4.78 is 12.6. The Bertz CT molecular complexity index is 718. The van der Waals surface area contributed by atoms with Crippen molar-refractivity contribution in [3.8, 4) is 5.75 Å². The van der Waals surface area contributed by atoms with Crippen LogP contribution in [-0.4, -0.2) is 20.3 Å². The maximum absolute atomic E-state index is 11.3. The molecule has 0 fully saturated rings. The van der Waals surface area contributed by atoms with Gasteiger partial charge in [-0.05, 0) is 48.9 Å². The van der Waals surface area contributed by atoms with Crippen LogP contribution in [0.1, 0.15) is 30.2 Å². The smallest absolute Gasteiger partial charge is 0.404 e. The van der Waals surface area contributed by atoms with Gasteiger partial charge in [-0.1, -0.05) is 53.7 Å². The lowest BCUT2D eigenvalue weighted by molar-refractivity contribution is 0.0854. The van der Waals surface area contributed by atoms with Gasteiger partial charge in [0.2, 0.25) is 0 Å². The van der Waals surface area contributed by atoms with Crippen LogP contribution in [0.15, 0.2) is 46.3 Å².